The Balaban J connectivity index is 1.84. The quantitative estimate of drug-likeness (QED) is 0.792. The maximum atomic E-state index is 12.5. The highest BCUT2D eigenvalue weighted by atomic mass is 16.5. The molecule has 7 heteroatoms. The molecule has 0 aromatic rings. The van der Waals surface area contributed by atoms with Crippen LogP contribution in [-0.4, -0.2) is 67.6 Å². The molecule has 2 amide bonds. The number of carbonyl (C=O) groups is 2. The number of nitrogens with zero attached hydrogens (tertiary/aromatic N) is 1. The van der Waals surface area contributed by atoms with Crippen molar-refractivity contribution in [2.75, 3.05) is 27.4 Å². The second kappa shape index (κ2) is 7.78. The number of nitrogens with one attached hydrogen (secondary N) is 1. The smallest absolute Gasteiger partial charge is 0.318 e. The van der Waals surface area contributed by atoms with E-state index in [1.807, 2.05) is 0 Å². The molecule has 126 valence electrons. The Hall–Kier alpha value is -1.34. The summed E-state index contributed by atoms with van der Waals surface area (Å²) in [6, 6.07) is -0.00132. The van der Waals surface area contributed by atoms with Gasteiger partial charge in [0.25, 0.3) is 0 Å². The topological polar surface area (TPSA) is 88.1 Å². The van der Waals surface area contributed by atoms with Gasteiger partial charge in [-0.15, -0.1) is 0 Å². The van der Waals surface area contributed by atoms with Gasteiger partial charge in [0.1, 0.15) is 0 Å². The maximum absolute atomic E-state index is 12.5. The molecule has 0 spiro atoms. The Morgan fingerprint density at radius 1 is 1.23 bits per heavy atom. The number of carbonyl (C=O) groups excluding carboxylic acids is 1. The minimum atomic E-state index is -0.729. The Bertz CT molecular complexity index is 395. The van der Waals surface area contributed by atoms with Gasteiger partial charge in [-0.3, -0.25) is 4.79 Å². The highest BCUT2D eigenvalue weighted by Crippen LogP contribution is 2.25. The third-order valence-corrected chi connectivity index (χ3v) is 4.73. The first-order valence-electron chi connectivity index (χ1n) is 7.86. The van der Waals surface area contributed by atoms with Crippen LogP contribution in [0.3, 0.4) is 0 Å². The van der Waals surface area contributed by atoms with Crippen molar-refractivity contribution in [1.29, 1.82) is 0 Å². The van der Waals surface area contributed by atoms with Gasteiger partial charge in [0.2, 0.25) is 0 Å². The molecule has 2 aliphatic rings. The number of likely N-dealkylation sites (tertiary alicyclic amines) is 1. The van der Waals surface area contributed by atoms with E-state index in [-0.39, 0.29) is 30.1 Å². The normalized spacial score (nSPS) is 32.0. The van der Waals surface area contributed by atoms with Crippen LogP contribution in [0.4, 0.5) is 4.79 Å². The van der Waals surface area contributed by atoms with Crippen LogP contribution in [-0.2, 0) is 14.3 Å². The lowest BCUT2D eigenvalue weighted by molar-refractivity contribution is -0.142. The first-order valence-corrected chi connectivity index (χ1v) is 7.86. The van der Waals surface area contributed by atoms with Crippen LogP contribution in [0.1, 0.15) is 32.1 Å². The molecule has 1 saturated heterocycles. The number of carboxylic acid groups (broad SMARTS) is 1. The number of amides is 2. The lowest BCUT2D eigenvalue weighted by Gasteiger charge is -2.30. The highest BCUT2D eigenvalue weighted by Gasteiger charge is 2.36. The summed E-state index contributed by atoms with van der Waals surface area (Å²) in [6.07, 6.45) is 3.53. The predicted molar refractivity (Wildman–Crippen MR) is 79.7 cm³/mol. The molecule has 0 aromatic heterocycles. The summed E-state index contributed by atoms with van der Waals surface area (Å²) in [6.45, 7) is 1.07. The van der Waals surface area contributed by atoms with Crippen LogP contribution >= 0.6 is 0 Å². The number of rotatable bonds is 5. The third-order valence-electron chi connectivity index (χ3n) is 4.73. The van der Waals surface area contributed by atoms with Crippen LogP contribution in [0.2, 0.25) is 0 Å². The van der Waals surface area contributed by atoms with E-state index in [9.17, 15) is 9.59 Å². The molecule has 1 saturated carbocycles. The molecule has 2 N–H and O–H groups in total. The van der Waals surface area contributed by atoms with E-state index in [4.69, 9.17) is 14.6 Å². The van der Waals surface area contributed by atoms with Crippen molar-refractivity contribution in [3.05, 3.63) is 0 Å². The maximum Gasteiger partial charge on any atom is 0.318 e. The fourth-order valence-corrected chi connectivity index (χ4v) is 3.39. The van der Waals surface area contributed by atoms with Crippen molar-refractivity contribution >= 4 is 12.0 Å². The second-order valence-electron chi connectivity index (χ2n) is 6.19. The van der Waals surface area contributed by atoms with Gasteiger partial charge in [-0.1, -0.05) is 0 Å². The number of methoxy groups -OCH3 is 2. The van der Waals surface area contributed by atoms with E-state index in [1.165, 1.54) is 0 Å². The molecule has 7 nitrogen and oxygen atoms in total. The van der Waals surface area contributed by atoms with Crippen molar-refractivity contribution in [1.82, 2.24) is 10.2 Å². The lowest BCUT2D eigenvalue weighted by atomic mass is 9.86. The summed E-state index contributed by atoms with van der Waals surface area (Å²) in [5, 5.41) is 12.0. The van der Waals surface area contributed by atoms with Gasteiger partial charge in [-0.2, -0.15) is 0 Å². The van der Waals surface area contributed by atoms with Gasteiger partial charge < -0.3 is 24.8 Å². The summed E-state index contributed by atoms with van der Waals surface area (Å²) < 4.78 is 10.5. The Kier molecular flexibility index (Phi) is 6.02. The van der Waals surface area contributed by atoms with E-state index >= 15 is 0 Å². The average Bonchev–Trinajstić information content (AvgIpc) is 2.91. The molecule has 2 atom stereocenters. The first-order chi connectivity index (χ1) is 10.5. The standard InChI is InChI=1S/C15H26N2O5/c1-21-9-12-7-13(22-2)8-17(12)15(20)16-11-5-3-10(4-6-11)14(18)19/h10-13H,3-9H2,1-2H3,(H,16,20)(H,18,19)/t10?,11?,12-,13-/m0/s1. The SMILES string of the molecule is COC[C@@H]1C[C@H](OC)CN1C(=O)NC1CCC(C(=O)O)CC1. The molecule has 0 bridgehead atoms. The van der Waals surface area contributed by atoms with Crippen LogP contribution < -0.4 is 5.32 Å². The van der Waals surface area contributed by atoms with E-state index in [0.717, 1.165) is 19.3 Å². The molecule has 0 aromatic carbocycles. The van der Waals surface area contributed by atoms with Crippen LogP contribution in [0.25, 0.3) is 0 Å². The zero-order chi connectivity index (χ0) is 16.1. The van der Waals surface area contributed by atoms with Gasteiger partial charge in [-0.05, 0) is 32.1 Å². The van der Waals surface area contributed by atoms with Crippen LogP contribution in [0.5, 0.6) is 0 Å². The molecule has 22 heavy (non-hydrogen) atoms. The van der Waals surface area contributed by atoms with Crippen molar-refractivity contribution < 1.29 is 24.2 Å². The van der Waals surface area contributed by atoms with Gasteiger partial charge in [-0.25, -0.2) is 4.79 Å². The molecule has 0 unspecified atom stereocenters. The zero-order valence-corrected chi connectivity index (χ0v) is 13.3. The van der Waals surface area contributed by atoms with Crippen molar-refractivity contribution in [3.63, 3.8) is 0 Å². The third kappa shape index (κ3) is 4.10. The molecular formula is C15H26N2O5. The van der Waals surface area contributed by atoms with E-state index < -0.39 is 5.97 Å². The fraction of sp³-hybridized carbons (Fsp3) is 0.867. The Labute approximate surface area is 130 Å². The summed E-state index contributed by atoms with van der Waals surface area (Å²) >= 11 is 0. The highest BCUT2D eigenvalue weighted by molar-refractivity contribution is 5.75. The van der Waals surface area contributed by atoms with Gasteiger partial charge in [0, 0.05) is 26.8 Å². The van der Waals surface area contributed by atoms with E-state index in [0.29, 0.717) is 26.0 Å². The second-order valence-corrected chi connectivity index (χ2v) is 6.19. The molecule has 1 heterocycles. The molecule has 1 aliphatic carbocycles. The Morgan fingerprint density at radius 2 is 1.91 bits per heavy atom. The van der Waals surface area contributed by atoms with Gasteiger partial charge in [0.05, 0.1) is 24.7 Å². The van der Waals surface area contributed by atoms with Gasteiger partial charge >= 0.3 is 12.0 Å². The largest absolute Gasteiger partial charge is 0.481 e. The molecule has 2 rings (SSSR count). The Morgan fingerprint density at radius 3 is 2.45 bits per heavy atom. The van der Waals surface area contributed by atoms with Crippen LogP contribution in [0.15, 0.2) is 0 Å². The van der Waals surface area contributed by atoms with Crippen molar-refractivity contribution in [2.24, 2.45) is 5.92 Å². The minimum absolute atomic E-state index is 0.0327. The number of aliphatic carboxylic acids is 1. The van der Waals surface area contributed by atoms with E-state index in [1.54, 1.807) is 19.1 Å². The van der Waals surface area contributed by atoms with E-state index in [2.05, 4.69) is 5.32 Å². The van der Waals surface area contributed by atoms with Crippen molar-refractivity contribution in [2.45, 2.75) is 50.3 Å². The van der Waals surface area contributed by atoms with Gasteiger partial charge in [0.15, 0.2) is 0 Å². The lowest BCUT2D eigenvalue weighted by Crippen LogP contribution is -2.49. The summed E-state index contributed by atoms with van der Waals surface area (Å²) in [7, 11) is 3.28. The van der Waals surface area contributed by atoms with Crippen LogP contribution in [0, 0.1) is 5.92 Å². The molecular weight excluding hydrogens is 288 g/mol. The number of urea groups is 1. The zero-order valence-electron chi connectivity index (χ0n) is 13.3. The average molecular weight is 314 g/mol. The molecule has 2 fully saturated rings. The number of carboxylic acids is 1. The number of hydrogen-bond donors (Lipinski definition) is 2. The number of hydrogen-bond acceptors (Lipinski definition) is 4. The van der Waals surface area contributed by atoms with Crippen molar-refractivity contribution in [3.8, 4) is 0 Å². The summed E-state index contributed by atoms with van der Waals surface area (Å²) in [5.41, 5.74) is 0. The predicted octanol–water partition coefficient (Wildman–Crippen LogP) is 1.08. The minimum Gasteiger partial charge on any atom is -0.481 e. The number of ether oxygens (including phenoxy) is 2. The molecule has 0 radical (unpaired) electrons. The summed E-state index contributed by atoms with van der Waals surface area (Å²) in [5.74, 6) is -0.994. The monoisotopic (exact) mass is 314 g/mol. The molecule has 1 aliphatic heterocycles. The fourth-order valence-electron chi connectivity index (χ4n) is 3.39. The summed E-state index contributed by atoms with van der Waals surface area (Å²) in [4.78, 5) is 25.2. The first kappa shape index (κ1) is 17.0.